The van der Waals surface area contributed by atoms with E-state index < -0.39 is 0 Å². The summed E-state index contributed by atoms with van der Waals surface area (Å²) in [6.07, 6.45) is 7.02. The van der Waals surface area contributed by atoms with Crippen molar-refractivity contribution in [2.75, 3.05) is 7.11 Å². The van der Waals surface area contributed by atoms with Crippen molar-refractivity contribution >= 4 is 0 Å². The van der Waals surface area contributed by atoms with Crippen molar-refractivity contribution in [1.82, 2.24) is 9.55 Å². The van der Waals surface area contributed by atoms with E-state index in [0.29, 0.717) is 6.04 Å². The van der Waals surface area contributed by atoms with E-state index in [2.05, 4.69) is 9.55 Å². The van der Waals surface area contributed by atoms with Crippen LogP contribution < -0.4 is 15.2 Å². The van der Waals surface area contributed by atoms with Gasteiger partial charge >= 0.3 is 0 Å². The number of hydrogen-bond donors (Lipinski definition) is 1. The number of imidazole rings is 1. The maximum Gasteiger partial charge on any atom is 0.142 e. The average Bonchev–Trinajstić information content (AvgIpc) is 3.24. The minimum Gasteiger partial charge on any atom is -0.497 e. The quantitative estimate of drug-likeness (QED) is 0.942. The van der Waals surface area contributed by atoms with E-state index >= 15 is 0 Å². The van der Waals surface area contributed by atoms with Crippen molar-refractivity contribution in [1.29, 1.82) is 0 Å². The molecule has 0 saturated heterocycles. The van der Waals surface area contributed by atoms with Crippen molar-refractivity contribution in [2.24, 2.45) is 5.73 Å². The summed E-state index contributed by atoms with van der Waals surface area (Å²) in [4.78, 5) is 4.29. The lowest BCUT2D eigenvalue weighted by molar-refractivity contribution is 0.152. The topological polar surface area (TPSA) is 62.3 Å². The molecule has 1 aliphatic heterocycles. The van der Waals surface area contributed by atoms with Gasteiger partial charge in [-0.3, -0.25) is 0 Å². The monoisotopic (exact) mass is 285 g/mol. The van der Waals surface area contributed by atoms with Crippen LogP contribution in [0.15, 0.2) is 30.7 Å². The molecule has 110 valence electrons. The van der Waals surface area contributed by atoms with Crippen molar-refractivity contribution in [2.45, 2.75) is 37.5 Å². The second-order valence-corrected chi connectivity index (χ2v) is 5.81. The lowest BCUT2D eigenvalue weighted by Gasteiger charge is -2.31. The van der Waals surface area contributed by atoms with E-state index in [1.165, 1.54) is 12.8 Å². The lowest BCUT2D eigenvalue weighted by atomic mass is 9.95. The molecule has 0 amide bonds. The molecule has 1 fully saturated rings. The molecule has 1 unspecified atom stereocenters. The highest BCUT2D eigenvalue weighted by molar-refractivity contribution is 5.44. The third-order valence-electron chi connectivity index (χ3n) is 4.32. The van der Waals surface area contributed by atoms with E-state index in [1.54, 1.807) is 7.11 Å². The molecule has 2 heterocycles. The van der Waals surface area contributed by atoms with E-state index in [-0.39, 0.29) is 12.1 Å². The third kappa shape index (κ3) is 2.17. The molecule has 0 spiro atoms. The molecule has 1 aromatic heterocycles. The van der Waals surface area contributed by atoms with Crippen LogP contribution in [-0.4, -0.2) is 16.7 Å². The predicted molar refractivity (Wildman–Crippen MR) is 78.4 cm³/mol. The maximum absolute atomic E-state index is 6.34. The number of benzene rings is 1. The second-order valence-electron chi connectivity index (χ2n) is 5.81. The highest BCUT2D eigenvalue weighted by atomic mass is 16.5. The standard InChI is InChI=1S/C16H19N3O2/c1-20-11-4-5-15-12(6-11)13(17)7-16(21-15)14-8-18-9-19(14)10-2-3-10/h4-6,8-10,13,16H,2-3,7,17H2,1H3/t13-,16?/m0/s1. The Kier molecular flexibility index (Phi) is 2.89. The van der Waals surface area contributed by atoms with Gasteiger partial charge in [0.15, 0.2) is 0 Å². The van der Waals surface area contributed by atoms with Gasteiger partial charge in [0.1, 0.15) is 17.6 Å². The van der Waals surface area contributed by atoms with Crippen molar-refractivity contribution in [3.8, 4) is 11.5 Å². The molecule has 5 nitrogen and oxygen atoms in total. The van der Waals surface area contributed by atoms with E-state index in [9.17, 15) is 0 Å². The molecule has 1 saturated carbocycles. The fraction of sp³-hybridized carbons (Fsp3) is 0.438. The Balaban J connectivity index is 1.66. The van der Waals surface area contributed by atoms with Gasteiger partial charge in [0.25, 0.3) is 0 Å². The number of methoxy groups -OCH3 is 1. The molecule has 5 heteroatoms. The van der Waals surface area contributed by atoms with Crippen LogP contribution in [0.25, 0.3) is 0 Å². The smallest absolute Gasteiger partial charge is 0.142 e. The summed E-state index contributed by atoms with van der Waals surface area (Å²) >= 11 is 0. The molecule has 4 rings (SSSR count). The number of ether oxygens (including phenoxy) is 2. The lowest BCUT2D eigenvalue weighted by Crippen LogP contribution is -2.25. The molecule has 2 aliphatic rings. The number of fused-ring (bicyclic) bond motifs is 1. The third-order valence-corrected chi connectivity index (χ3v) is 4.32. The summed E-state index contributed by atoms with van der Waals surface area (Å²) in [5, 5.41) is 0. The Bertz CT molecular complexity index is 663. The second kappa shape index (κ2) is 4.77. The summed E-state index contributed by atoms with van der Waals surface area (Å²) in [6, 6.07) is 6.37. The number of rotatable bonds is 3. The van der Waals surface area contributed by atoms with Crippen LogP contribution in [0.3, 0.4) is 0 Å². The van der Waals surface area contributed by atoms with Crippen LogP contribution in [0.5, 0.6) is 11.5 Å². The molecule has 0 bridgehead atoms. The number of hydrogen-bond acceptors (Lipinski definition) is 4. The molecule has 2 N–H and O–H groups in total. The Morgan fingerprint density at radius 2 is 2.24 bits per heavy atom. The van der Waals surface area contributed by atoms with Gasteiger partial charge < -0.3 is 19.8 Å². The highest BCUT2D eigenvalue weighted by Gasteiger charge is 2.33. The van der Waals surface area contributed by atoms with Gasteiger partial charge in [-0.05, 0) is 31.0 Å². The predicted octanol–water partition coefficient (Wildman–Crippen LogP) is 2.75. The van der Waals surface area contributed by atoms with Crippen molar-refractivity contribution in [3.05, 3.63) is 42.0 Å². The van der Waals surface area contributed by atoms with Gasteiger partial charge in [0.2, 0.25) is 0 Å². The minimum atomic E-state index is -0.0450. The molecule has 2 atom stereocenters. The van der Waals surface area contributed by atoms with Crippen molar-refractivity contribution < 1.29 is 9.47 Å². The molecule has 0 radical (unpaired) electrons. The Morgan fingerprint density at radius 1 is 1.38 bits per heavy atom. The number of nitrogens with two attached hydrogens (primary N) is 1. The van der Waals surface area contributed by atoms with Crippen LogP contribution in [0, 0.1) is 0 Å². The van der Waals surface area contributed by atoms with Gasteiger partial charge in [-0.1, -0.05) is 0 Å². The molecule has 2 aromatic rings. The molecular weight excluding hydrogens is 266 g/mol. The van der Waals surface area contributed by atoms with Gasteiger partial charge in [-0.2, -0.15) is 0 Å². The van der Waals surface area contributed by atoms with Gasteiger partial charge in [-0.25, -0.2) is 4.98 Å². The van der Waals surface area contributed by atoms with Gasteiger partial charge in [0.05, 0.1) is 25.3 Å². The van der Waals surface area contributed by atoms with Crippen LogP contribution >= 0.6 is 0 Å². The van der Waals surface area contributed by atoms with Crippen LogP contribution in [0.2, 0.25) is 0 Å². The normalized spacial score (nSPS) is 24.3. The first-order chi connectivity index (χ1) is 10.3. The SMILES string of the molecule is COc1ccc2c(c1)[C@@H](N)CC(c1cncn1C1CC1)O2. The van der Waals surface area contributed by atoms with Gasteiger partial charge in [0, 0.05) is 24.1 Å². The van der Waals surface area contributed by atoms with Crippen LogP contribution in [-0.2, 0) is 0 Å². The first-order valence-corrected chi connectivity index (χ1v) is 7.38. The number of aromatic nitrogens is 2. The number of nitrogens with zero attached hydrogens (tertiary/aromatic N) is 2. The Morgan fingerprint density at radius 3 is 3.00 bits per heavy atom. The first kappa shape index (κ1) is 12.7. The van der Waals surface area contributed by atoms with E-state index in [1.807, 2.05) is 30.7 Å². The summed E-state index contributed by atoms with van der Waals surface area (Å²) in [7, 11) is 1.66. The largest absolute Gasteiger partial charge is 0.497 e. The zero-order valence-corrected chi connectivity index (χ0v) is 12.0. The van der Waals surface area contributed by atoms with E-state index in [4.69, 9.17) is 15.2 Å². The average molecular weight is 285 g/mol. The fourth-order valence-corrected chi connectivity index (χ4v) is 3.01. The highest BCUT2D eigenvalue weighted by Crippen LogP contribution is 2.43. The zero-order chi connectivity index (χ0) is 14.4. The fourth-order valence-electron chi connectivity index (χ4n) is 3.01. The molecule has 1 aliphatic carbocycles. The Labute approximate surface area is 123 Å². The van der Waals surface area contributed by atoms with Gasteiger partial charge in [-0.15, -0.1) is 0 Å². The van der Waals surface area contributed by atoms with Crippen LogP contribution in [0.4, 0.5) is 0 Å². The molecule has 1 aromatic carbocycles. The minimum absolute atomic E-state index is 0.0241. The van der Waals surface area contributed by atoms with Crippen LogP contribution in [0.1, 0.15) is 48.7 Å². The molecular formula is C16H19N3O2. The first-order valence-electron chi connectivity index (χ1n) is 7.38. The summed E-state index contributed by atoms with van der Waals surface area (Å²) in [5.41, 5.74) is 8.49. The van der Waals surface area contributed by atoms with E-state index in [0.717, 1.165) is 29.2 Å². The maximum atomic E-state index is 6.34. The summed E-state index contributed by atoms with van der Waals surface area (Å²) in [5.74, 6) is 1.66. The summed E-state index contributed by atoms with van der Waals surface area (Å²) in [6.45, 7) is 0. The summed E-state index contributed by atoms with van der Waals surface area (Å²) < 4.78 is 13.7. The van der Waals surface area contributed by atoms with Crippen molar-refractivity contribution in [3.63, 3.8) is 0 Å². The molecule has 21 heavy (non-hydrogen) atoms. The zero-order valence-electron chi connectivity index (χ0n) is 12.0. The Hall–Kier alpha value is -2.01.